The molecule has 2 heterocycles. The standard InChI is InChI=1S/C20H26ClN3O/c1-23(2)19(25)17-4-3-15(9-18(17)21)14-5-7-24(8-6-14)16-10-20(11-16)12-22-13-20/h3-5,9,16,22H,6-8,10-13H2,1-2H3. The molecule has 1 N–H and O–H groups in total. The smallest absolute Gasteiger partial charge is 0.254 e. The first-order valence-electron chi connectivity index (χ1n) is 9.13. The molecular weight excluding hydrogens is 334 g/mol. The fourth-order valence-electron chi connectivity index (χ4n) is 4.37. The third-order valence-corrected chi connectivity index (χ3v) is 6.38. The van der Waals surface area contributed by atoms with Gasteiger partial charge in [0, 0.05) is 46.3 Å². The maximum Gasteiger partial charge on any atom is 0.254 e. The maximum atomic E-state index is 12.1. The zero-order valence-electron chi connectivity index (χ0n) is 15.0. The van der Waals surface area contributed by atoms with E-state index >= 15 is 0 Å². The van der Waals surface area contributed by atoms with Crippen molar-refractivity contribution in [3.63, 3.8) is 0 Å². The number of nitrogens with one attached hydrogen (secondary N) is 1. The number of carbonyl (C=O) groups excluding carboxylic acids is 1. The van der Waals surface area contributed by atoms with Gasteiger partial charge in [0.1, 0.15) is 0 Å². The molecule has 0 bridgehead atoms. The lowest BCUT2D eigenvalue weighted by Crippen LogP contribution is -2.65. The molecule has 1 spiro atoms. The molecule has 1 saturated heterocycles. The summed E-state index contributed by atoms with van der Waals surface area (Å²) in [4.78, 5) is 16.3. The minimum absolute atomic E-state index is 0.0512. The molecule has 1 aliphatic carbocycles. The van der Waals surface area contributed by atoms with E-state index in [1.54, 1.807) is 19.0 Å². The summed E-state index contributed by atoms with van der Waals surface area (Å²) >= 11 is 6.36. The van der Waals surface area contributed by atoms with Crippen molar-refractivity contribution < 1.29 is 4.79 Å². The normalized spacial score (nSPS) is 22.9. The van der Waals surface area contributed by atoms with Gasteiger partial charge in [-0.05, 0) is 47.9 Å². The summed E-state index contributed by atoms with van der Waals surface area (Å²) in [5, 5.41) is 3.95. The predicted molar refractivity (Wildman–Crippen MR) is 102 cm³/mol. The van der Waals surface area contributed by atoms with Gasteiger partial charge in [0.25, 0.3) is 5.91 Å². The molecule has 5 heteroatoms. The number of hydrogen-bond donors (Lipinski definition) is 1. The fraction of sp³-hybridized carbons (Fsp3) is 0.550. The molecule has 0 atom stereocenters. The third kappa shape index (κ3) is 3.12. The molecule has 4 nitrogen and oxygen atoms in total. The van der Waals surface area contributed by atoms with Gasteiger partial charge >= 0.3 is 0 Å². The van der Waals surface area contributed by atoms with E-state index < -0.39 is 0 Å². The number of benzene rings is 1. The largest absolute Gasteiger partial charge is 0.345 e. The van der Waals surface area contributed by atoms with Crippen LogP contribution < -0.4 is 5.32 Å². The van der Waals surface area contributed by atoms with E-state index in [9.17, 15) is 4.79 Å². The van der Waals surface area contributed by atoms with Crippen LogP contribution >= 0.6 is 11.6 Å². The molecule has 1 amide bonds. The average Bonchev–Trinajstić information content (AvgIpc) is 2.52. The molecular formula is C20H26ClN3O. The lowest BCUT2D eigenvalue weighted by Gasteiger charge is -2.57. The Morgan fingerprint density at radius 3 is 2.60 bits per heavy atom. The van der Waals surface area contributed by atoms with Crippen LogP contribution in [0.3, 0.4) is 0 Å². The van der Waals surface area contributed by atoms with E-state index in [0.29, 0.717) is 16.0 Å². The minimum atomic E-state index is -0.0512. The first-order chi connectivity index (χ1) is 12.0. The quantitative estimate of drug-likeness (QED) is 0.901. The molecule has 1 aromatic rings. The SMILES string of the molecule is CN(C)C(=O)c1ccc(C2=CCN(C3CC4(CNC4)C3)CC2)cc1Cl. The Hall–Kier alpha value is -1.36. The molecule has 0 aromatic heterocycles. The van der Waals surface area contributed by atoms with Crippen molar-refractivity contribution in [2.24, 2.45) is 5.41 Å². The van der Waals surface area contributed by atoms with Crippen molar-refractivity contribution >= 4 is 23.1 Å². The summed E-state index contributed by atoms with van der Waals surface area (Å²) in [6.45, 7) is 4.58. The van der Waals surface area contributed by atoms with Gasteiger partial charge in [-0.2, -0.15) is 0 Å². The van der Waals surface area contributed by atoms with Crippen molar-refractivity contribution in [1.82, 2.24) is 15.1 Å². The van der Waals surface area contributed by atoms with Gasteiger partial charge in [0.2, 0.25) is 0 Å². The highest BCUT2D eigenvalue weighted by Crippen LogP contribution is 2.47. The zero-order chi connectivity index (χ0) is 17.6. The Morgan fingerprint density at radius 2 is 2.08 bits per heavy atom. The van der Waals surface area contributed by atoms with Gasteiger partial charge < -0.3 is 10.2 Å². The zero-order valence-corrected chi connectivity index (χ0v) is 15.8. The van der Waals surface area contributed by atoms with Crippen LogP contribution in [0.4, 0.5) is 0 Å². The van der Waals surface area contributed by atoms with Crippen molar-refractivity contribution in [3.05, 3.63) is 40.4 Å². The Labute approximate surface area is 154 Å². The van der Waals surface area contributed by atoms with Crippen LogP contribution in [0.2, 0.25) is 5.02 Å². The summed E-state index contributed by atoms with van der Waals surface area (Å²) in [5.41, 5.74) is 3.70. The van der Waals surface area contributed by atoms with Crippen LogP contribution in [0.25, 0.3) is 5.57 Å². The lowest BCUT2D eigenvalue weighted by atomic mass is 9.61. The van der Waals surface area contributed by atoms with Gasteiger partial charge in [-0.25, -0.2) is 0 Å². The first kappa shape index (κ1) is 17.1. The van der Waals surface area contributed by atoms with Crippen LogP contribution in [-0.4, -0.2) is 62.0 Å². The molecule has 0 radical (unpaired) electrons. The Bertz CT molecular complexity index is 716. The van der Waals surface area contributed by atoms with Crippen LogP contribution in [0.15, 0.2) is 24.3 Å². The molecule has 134 valence electrons. The molecule has 25 heavy (non-hydrogen) atoms. The highest BCUT2D eigenvalue weighted by Gasteiger charge is 2.50. The van der Waals surface area contributed by atoms with Crippen molar-refractivity contribution in [2.45, 2.75) is 25.3 Å². The van der Waals surface area contributed by atoms with E-state index in [0.717, 1.165) is 31.1 Å². The number of rotatable bonds is 3. The summed E-state index contributed by atoms with van der Waals surface area (Å²) in [7, 11) is 3.49. The summed E-state index contributed by atoms with van der Waals surface area (Å²) in [6.07, 6.45) is 6.11. The van der Waals surface area contributed by atoms with E-state index in [4.69, 9.17) is 11.6 Å². The van der Waals surface area contributed by atoms with Crippen LogP contribution in [0.5, 0.6) is 0 Å². The van der Waals surface area contributed by atoms with Crippen molar-refractivity contribution in [3.8, 4) is 0 Å². The van der Waals surface area contributed by atoms with Crippen LogP contribution in [-0.2, 0) is 0 Å². The topological polar surface area (TPSA) is 35.6 Å². The predicted octanol–water partition coefficient (Wildman–Crippen LogP) is 2.88. The maximum absolute atomic E-state index is 12.1. The molecule has 2 aliphatic heterocycles. The monoisotopic (exact) mass is 359 g/mol. The average molecular weight is 360 g/mol. The second kappa shape index (κ2) is 6.42. The van der Waals surface area contributed by atoms with Crippen molar-refractivity contribution in [1.29, 1.82) is 0 Å². The van der Waals surface area contributed by atoms with Gasteiger partial charge in [-0.1, -0.05) is 23.7 Å². The number of halogens is 1. The first-order valence-corrected chi connectivity index (χ1v) is 9.51. The highest BCUT2D eigenvalue weighted by atomic mass is 35.5. The van der Waals surface area contributed by atoms with Gasteiger partial charge in [-0.3, -0.25) is 9.69 Å². The molecule has 0 unspecified atom stereocenters. The minimum Gasteiger partial charge on any atom is -0.345 e. The summed E-state index contributed by atoms with van der Waals surface area (Å²) in [5.74, 6) is -0.0512. The van der Waals surface area contributed by atoms with E-state index in [-0.39, 0.29) is 5.91 Å². The summed E-state index contributed by atoms with van der Waals surface area (Å²) in [6, 6.07) is 6.59. The van der Waals surface area contributed by atoms with Crippen LogP contribution in [0.1, 0.15) is 35.2 Å². The van der Waals surface area contributed by atoms with Crippen LogP contribution in [0, 0.1) is 5.41 Å². The molecule has 4 rings (SSSR count). The second-order valence-electron chi connectivity index (χ2n) is 8.03. The van der Waals surface area contributed by atoms with E-state index in [1.807, 2.05) is 18.2 Å². The van der Waals surface area contributed by atoms with E-state index in [1.165, 1.54) is 31.5 Å². The third-order valence-electron chi connectivity index (χ3n) is 6.07. The van der Waals surface area contributed by atoms with Crippen molar-refractivity contribution in [2.75, 3.05) is 40.3 Å². The second-order valence-corrected chi connectivity index (χ2v) is 8.44. The number of carbonyl (C=O) groups is 1. The van der Waals surface area contributed by atoms with Gasteiger partial charge in [0.15, 0.2) is 0 Å². The van der Waals surface area contributed by atoms with Gasteiger partial charge in [-0.15, -0.1) is 0 Å². The summed E-state index contributed by atoms with van der Waals surface area (Å²) < 4.78 is 0. The van der Waals surface area contributed by atoms with E-state index in [2.05, 4.69) is 16.3 Å². The molecule has 1 saturated carbocycles. The van der Waals surface area contributed by atoms with Gasteiger partial charge in [0.05, 0.1) is 10.6 Å². The number of amides is 1. The molecule has 1 aromatic carbocycles. The highest BCUT2D eigenvalue weighted by molar-refractivity contribution is 6.34. The molecule has 3 aliphatic rings. The Morgan fingerprint density at radius 1 is 1.32 bits per heavy atom. The number of nitrogens with zero attached hydrogens (tertiary/aromatic N) is 2. The lowest BCUT2D eigenvalue weighted by molar-refractivity contribution is -0.0319. The Balaban J connectivity index is 1.41. The number of hydrogen-bond acceptors (Lipinski definition) is 3. The fourth-order valence-corrected chi connectivity index (χ4v) is 4.63. The Kier molecular flexibility index (Phi) is 4.38. The molecule has 2 fully saturated rings.